The van der Waals surface area contributed by atoms with E-state index >= 15 is 0 Å². The number of carbonyl (C=O) groups is 2. The summed E-state index contributed by atoms with van der Waals surface area (Å²) in [4.78, 5) is 25.8. The Morgan fingerprint density at radius 3 is 2.65 bits per heavy atom. The number of aryl methyl sites for hydroxylation is 1. The molecule has 1 saturated heterocycles. The average Bonchev–Trinajstić information content (AvgIpc) is 2.96. The van der Waals surface area contributed by atoms with Crippen molar-refractivity contribution < 1.29 is 22.7 Å². The van der Waals surface area contributed by atoms with Gasteiger partial charge in [-0.25, -0.2) is 13.2 Å². The molecule has 0 saturated carbocycles. The molecular formula is C19H25NO5S. The monoisotopic (exact) mass is 379 g/mol. The Hall–Kier alpha value is -2.15. The molecule has 0 aliphatic carbocycles. The van der Waals surface area contributed by atoms with E-state index in [9.17, 15) is 18.0 Å². The van der Waals surface area contributed by atoms with Crippen LogP contribution >= 0.6 is 0 Å². The third kappa shape index (κ3) is 5.69. The van der Waals surface area contributed by atoms with Crippen molar-refractivity contribution >= 4 is 27.8 Å². The number of nitrogens with zero attached hydrogens (tertiary/aromatic N) is 1. The van der Waals surface area contributed by atoms with Gasteiger partial charge in [0.25, 0.3) is 5.91 Å². The molecule has 0 unspecified atom stereocenters. The van der Waals surface area contributed by atoms with E-state index in [1.807, 2.05) is 38.1 Å². The van der Waals surface area contributed by atoms with Gasteiger partial charge in [-0.1, -0.05) is 31.2 Å². The molecular weight excluding hydrogens is 354 g/mol. The van der Waals surface area contributed by atoms with Crippen LogP contribution in [0.2, 0.25) is 0 Å². The molecule has 1 atom stereocenters. The maximum atomic E-state index is 12.4. The summed E-state index contributed by atoms with van der Waals surface area (Å²) in [6, 6.07) is 7.28. The molecule has 0 bridgehead atoms. The van der Waals surface area contributed by atoms with Crippen LogP contribution in [-0.2, 0) is 24.2 Å². The van der Waals surface area contributed by atoms with E-state index in [1.165, 1.54) is 11.0 Å². The fourth-order valence-corrected chi connectivity index (χ4v) is 4.70. The van der Waals surface area contributed by atoms with Crippen molar-refractivity contribution in [2.24, 2.45) is 0 Å². The van der Waals surface area contributed by atoms with Gasteiger partial charge in [0.15, 0.2) is 16.4 Å². The first kappa shape index (κ1) is 20.2. The Balaban J connectivity index is 1.91. The van der Waals surface area contributed by atoms with Crippen LogP contribution in [0.4, 0.5) is 0 Å². The Kier molecular flexibility index (Phi) is 6.97. The number of benzene rings is 1. The molecule has 1 aromatic rings. The SMILES string of the molecule is CCCN(C(=O)COC(=O)/C=C/c1ccccc1C)[C@H]1CCS(=O)(=O)C1. The zero-order valence-electron chi connectivity index (χ0n) is 15.2. The molecule has 1 aliphatic rings. The number of hydrogen-bond acceptors (Lipinski definition) is 5. The first-order valence-corrected chi connectivity index (χ1v) is 10.5. The Morgan fingerprint density at radius 2 is 2.04 bits per heavy atom. The van der Waals surface area contributed by atoms with E-state index in [1.54, 1.807) is 6.08 Å². The summed E-state index contributed by atoms with van der Waals surface area (Å²) in [7, 11) is -3.08. The molecule has 1 aliphatic heterocycles. The lowest BCUT2D eigenvalue weighted by molar-refractivity contribution is -0.149. The van der Waals surface area contributed by atoms with Crippen LogP contribution in [0.25, 0.3) is 6.08 Å². The lowest BCUT2D eigenvalue weighted by Gasteiger charge is -2.27. The normalized spacial score (nSPS) is 18.8. The number of rotatable bonds is 7. The summed E-state index contributed by atoms with van der Waals surface area (Å²) >= 11 is 0. The van der Waals surface area contributed by atoms with Gasteiger partial charge in [0.05, 0.1) is 11.5 Å². The fourth-order valence-electron chi connectivity index (χ4n) is 2.97. The number of amides is 1. The fraction of sp³-hybridized carbons (Fsp3) is 0.474. The summed E-state index contributed by atoms with van der Waals surface area (Å²) < 4.78 is 28.3. The van der Waals surface area contributed by atoms with Gasteiger partial charge in [0.2, 0.25) is 0 Å². The number of esters is 1. The van der Waals surface area contributed by atoms with Gasteiger partial charge in [-0.3, -0.25) is 4.79 Å². The molecule has 26 heavy (non-hydrogen) atoms. The second-order valence-corrected chi connectivity index (χ2v) is 8.67. The van der Waals surface area contributed by atoms with Crippen LogP contribution in [0.5, 0.6) is 0 Å². The molecule has 6 nitrogen and oxygen atoms in total. The van der Waals surface area contributed by atoms with Crippen LogP contribution in [0.3, 0.4) is 0 Å². The lowest BCUT2D eigenvalue weighted by atomic mass is 10.1. The van der Waals surface area contributed by atoms with Gasteiger partial charge in [0.1, 0.15) is 0 Å². The number of carbonyl (C=O) groups excluding carboxylic acids is 2. The predicted octanol–water partition coefficient (Wildman–Crippen LogP) is 1.98. The Bertz CT molecular complexity index is 785. The molecule has 0 spiro atoms. The minimum Gasteiger partial charge on any atom is -0.452 e. The first-order chi connectivity index (χ1) is 12.3. The largest absolute Gasteiger partial charge is 0.452 e. The molecule has 0 radical (unpaired) electrons. The summed E-state index contributed by atoms with van der Waals surface area (Å²) in [5, 5.41) is 0. The molecule has 1 amide bonds. The Morgan fingerprint density at radius 1 is 1.31 bits per heavy atom. The van der Waals surface area contributed by atoms with Gasteiger partial charge in [-0.15, -0.1) is 0 Å². The quantitative estimate of drug-likeness (QED) is 0.534. The number of hydrogen-bond donors (Lipinski definition) is 0. The average molecular weight is 379 g/mol. The van der Waals surface area contributed by atoms with E-state index in [4.69, 9.17) is 4.74 Å². The van der Waals surface area contributed by atoms with Crippen LogP contribution in [0.15, 0.2) is 30.3 Å². The molecule has 7 heteroatoms. The summed E-state index contributed by atoms with van der Waals surface area (Å²) in [6.07, 6.45) is 4.09. The number of ether oxygens (including phenoxy) is 1. The van der Waals surface area contributed by atoms with E-state index in [2.05, 4.69) is 0 Å². The molecule has 2 rings (SSSR count). The highest BCUT2D eigenvalue weighted by molar-refractivity contribution is 7.91. The molecule has 1 heterocycles. The standard InChI is InChI=1S/C19H25NO5S/c1-3-11-20(17-10-12-26(23,24)14-17)18(21)13-25-19(22)9-8-16-7-5-4-6-15(16)2/h4-9,17H,3,10-14H2,1-2H3/b9-8+/t17-/m0/s1. The number of sulfone groups is 1. The molecule has 1 aromatic carbocycles. The maximum absolute atomic E-state index is 12.4. The second kappa shape index (κ2) is 8.98. The summed E-state index contributed by atoms with van der Waals surface area (Å²) in [5.41, 5.74) is 1.93. The predicted molar refractivity (Wildman–Crippen MR) is 100 cm³/mol. The highest BCUT2D eigenvalue weighted by Crippen LogP contribution is 2.18. The zero-order chi connectivity index (χ0) is 19.2. The van der Waals surface area contributed by atoms with Crippen LogP contribution in [-0.4, -0.2) is 55.9 Å². The topological polar surface area (TPSA) is 80.8 Å². The minimum absolute atomic E-state index is 0.0140. The third-order valence-corrected chi connectivity index (χ3v) is 6.11. The van der Waals surface area contributed by atoms with Crippen molar-refractivity contribution in [1.29, 1.82) is 0 Å². The second-order valence-electron chi connectivity index (χ2n) is 6.44. The Labute approximate surface area is 154 Å². The van der Waals surface area contributed by atoms with Gasteiger partial charge in [-0.05, 0) is 37.0 Å². The van der Waals surface area contributed by atoms with Crippen LogP contribution in [0, 0.1) is 6.92 Å². The first-order valence-electron chi connectivity index (χ1n) is 8.72. The highest BCUT2D eigenvalue weighted by atomic mass is 32.2. The van der Waals surface area contributed by atoms with Crippen molar-refractivity contribution in [2.45, 2.75) is 32.7 Å². The van der Waals surface area contributed by atoms with Crippen molar-refractivity contribution in [3.63, 3.8) is 0 Å². The van der Waals surface area contributed by atoms with Gasteiger partial charge in [0, 0.05) is 18.7 Å². The van der Waals surface area contributed by atoms with Crippen LogP contribution in [0.1, 0.15) is 30.9 Å². The van der Waals surface area contributed by atoms with Gasteiger partial charge in [-0.2, -0.15) is 0 Å². The van der Waals surface area contributed by atoms with E-state index in [0.29, 0.717) is 19.4 Å². The molecule has 142 valence electrons. The minimum atomic E-state index is -3.08. The van der Waals surface area contributed by atoms with Crippen molar-refractivity contribution in [3.8, 4) is 0 Å². The molecule has 1 fully saturated rings. The van der Waals surface area contributed by atoms with Crippen molar-refractivity contribution in [1.82, 2.24) is 4.90 Å². The highest BCUT2D eigenvalue weighted by Gasteiger charge is 2.34. The molecule has 0 aromatic heterocycles. The molecule has 0 N–H and O–H groups in total. The zero-order valence-corrected chi connectivity index (χ0v) is 16.0. The van der Waals surface area contributed by atoms with E-state index < -0.39 is 15.8 Å². The maximum Gasteiger partial charge on any atom is 0.331 e. The lowest BCUT2D eigenvalue weighted by Crippen LogP contribution is -2.43. The smallest absolute Gasteiger partial charge is 0.331 e. The van der Waals surface area contributed by atoms with Crippen LogP contribution < -0.4 is 0 Å². The van der Waals surface area contributed by atoms with Gasteiger partial charge < -0.3 is 9.64 Å². The van der Waals surface area contributed by atoms with E-state index in [-0.39, 0.29) is 30.1 Å². The summed E-state index contributed by atoms with van der Waals surface area (Å²) in [6.45, 7) is 3.93. The van der Waals surface area contributed by atoms with Crippen molar-refractivity contribution in [3.05, 3.63) is 41.5 Å². The van der Waals surface area contributed by atoms with Crippen molar-refractivity contribution in [2.75, 3.05) is 24.7 Å². The summed E-state index contributed by atoms with van der Waals surface area (Å²) in [5.74, 6) is -0.868. The third-order valence-electron chi connectivity index (χ3n) is 4.36. The van der Waals surface area contributed by atoms with E-state index in [0.717, 1.165) is 11.1 Å². The van der Waals surface area contributed by atoms with Gasteiger partial charge >= 0.3 is 5.97 Å².